The molecule has 0 aliphatic heterocycles. The van der Waals surface area contributed by atoms with Crippen LogP contribution in [0.2, 0.25) is 0 Å². The number of anilines is 1. The SMILES string of the molecule is CC(C)(C)c1ccc(N([C]=O)Cc2ccccc2)cc1. The van der Waals surface area contributed by atoms with Gasteiger partial charge in [0, 0.05) is 5.69 Å². The molecule has 0 unspecified atom stereocenters. The molecule has 0 aromatic heterocycles. The fourth-order valence-corrected chi connectivity index (χ4v) is 2.08. The van der Waals surface area contributed by atoms with Gasteiger partial charge in [-0.05, 0) is 28.7 Å². The third-order valence-corrected chi connectivity index (χ3v) is 3.34. The summed E-state index contributed by atoms with van der Waals surface area (Å²) in [5.74, 6) is 0. The number of benzene rings is 2. The fraction of sp³-hybridized carbons (Fsp3) is 0.278. The first-order valence-electron chi connectivity index (χ1n) is 6.80. The first-order valence-corrected chi connectivity index (χ1v) is 6.80. The van der Waals surface area contributed by atoms with Crippen LogP contribution in [0.15, 0.2) is 54.6 Å². The summed E-state index contributed by atoms with van der Waals surface area (Å²) >= 11 is 0. The molecular weight excluding hydrogens is 246 g/mol. The van der Waals surface area contributed by atoms with Crippen molar-refractivity contribution < 1.29 is 4.79 Å². The molecule has 2 aromatic rings. The van der Waals surface area contributed by atoms with Crippen LogP contribution < -0.4 is 4.90 Å². The van der Waals surface area contributed by atoms with E-state index < -0.39 is 0 Å². The van der Waals surface area contributed by atoms with Crippen LogP contribution in [0.1, 0.15) is 31.9 Å². The van der Waals surface area contributed by atoms with Crippen molar-refractivity contribution in [3.8, 4) is 0 Å². The molecule has 0 N–H and O–H groups in total. The molecule has 2 aromatic carbocycles. The smallest absolute Gasteiger partial charge is 0.300 e. The van der Waals surface area contributed by atoms with Crippen molar-refractivity contribution in [2.24, 2.45) is 0 Å². The number of rotatable bonds is 4. The first-order chi connectivity index (χ1) is 9.50. The Kier molecular flexibility index (Phi) is 4.23. The molecule has 0 saturated carbocycles. The van der Waals surface area contributed by atoms with Crippen molar-refractivity contribution in [3.63, 3.8) is 0 Å². The summed E-state index contributed by atoms with van der Waals surface area (Å²) in [6, 6.07) is 18.0. The molecule has 1 amide bonds. The molecule has 0 fully saturated rings. The summed E-state index contributed by atoms with van der Waals surface area (Å²) in [5.41, 5.74) is 3.34. The van der Waals surface area contributed by atoms with Gasteiger partial charge in [0.05, 0.1) is 6.54 Å². The quantitative estimate of drug-likeness (QED) is 0.764. The molecular formula is C18H20NO. The lowest BCUT2D eigenvalue weighted by molar-refractivity contribution is 0.550. The zero-order chi connectivity index (χ0) is 14.6. The van der Waals surface area contributed by atoms with E-state index in [-0.39, 0.29) is 5.41 Å². The monoisotopic (exact) mass is 266 g/mol. The Balaban J connectivity index is 2.18. The highest BCUT2D eigenvalue weighted by atomic mass is 16.1. The second-order valence-electron chi connectivity index (χ2n) is 5.96. The second-order valence-corrected chi connectivity index (χ2v) is 5.96. The van der Waals surface area contributed by atoms with E-state index in [1.54, 1.807) is 4.90 Å². The lowest BCUT2D eigenvalue weighted by atomic mass is 9.87. The summed E-state index contributed by atoms with van der Waals surface area (Å²) in [7, 11) is 0. The van der Waals surface area contributed by atoms with Crippen LogP contribution >= 0.6 is 0 Å². The average molecular weight is 266 g/mol. The molecule has 20 heavy (non-hydrogen) atoms. The molecule has 1 radical (unpaired) electrons. The highest BCUT2D eigenvalue weighted by Crippen LogP contribution is 2.25. The molecule has 0 saturated heterocycles. The van der Waals surface area contributed by atoms with Crippen LogP contribution in [0.4, 0.5) is 5.69 Å². The Morgan fingerprint density at radius 1 is 0.950 bits per heavy atom. The predicted molar refractivity (Wildman–Crippen MR) is 83.5 cm³/mol. The van der Waals surface area contributed by atoms with E-state index in [0.717, 1.165) is 11.3 Å². The van der Waals surface area contributed by atoms with E-state index in [1.165, 1.54) is 5.56 Å². The maximum absolute atomic E-state index is 11.2. The summed E-state index contributed by atoms with van der Waals surface area (Å²) in [6.45, 7) is 7.07. The van der Waals surface area contributed by atoms with Crippen molar-refractivity contribution in [3.05, 3.63) is 65.7 Å². The van der Waals surface area contributed by atoms with Gasteiger partial charge in [0.25, 0.3) is 0 Å². The molecule has 2 heteroatoms. The Bertz CT molecular complexity index is 552. The predicted octanol–water partition coefficient (Wildman–Crippen LogP) is 4.06. The average Bonchev–Trinajstić information content (AvgIpc) is 2.45. The van der Waals surface area contributed by atoms with Crippen LogP contribution in [-0.2, 0) is 16.8 Å². The normalized spacial score (nSPS) is 11.2. The van der Waals surface area contributed by atoms with Gasteiger partial charge in [-0.1, -0.05) is 63.2 Å². The third-order valence-electron chi connectivity index (χ3n) is 3.34. The Hall–Kier alpha value is -2.09. The zero-order valence-electron chi connectivity index (χ0n) is 12.3. The Morgan fingerprint density at radius 3 is 2.05 bits per heavy atom. The summed E-state index contributed by atoms with van der Waals surface area (Å²) in [6.07, 6.45) is 2.01. The van der Waals surface area contributed by atoms with Crippen LogP contribution in [-0.4, -0.2) is 6.41 Å². The van der Waals surface area contributed by atoms with Gasteiger partial charge in [0.1, 0.15) is 0 Å². The van der Waals surface area contributed by atoms with Crippen LogP contribution in [0, 0.1) is 0 Å². The van der Waals surface area contributed by atoms with Gasteiger partial charge >= 0.3 is 6.41 Å². The van der Waals surface area contributed by atoms with E-state index >= 15 is 0 Å². The molecule has 0 heterocycles. The fourth-order valence-electron chi connectivity index (χ4n) is 2.08. The molecule has 0 bridgehead atoms. The highest BCUT2D eigenvalue weighted by molar-refractivity contribution is 5.75. The summed E-state index contributed by atoms with van der Waals surface area (Å²) in [4.78, 5) is 12.8. The molecule has 0 aliphatic rings. The maximum atomic E-state index is 11.2. The molecule has 103 valence electrons. The second kappa shape index (κ2) is 5.91. The minimum Gasteiger partial charge on any atom is -0.300 e. The van der Waals surface area contributed by atoms with E-state index in [4.69, 9.17) is 0 Å². The maximum Gasteiger partial charge on any atom is 0.317 e. The summed E-state index contributed by atoms with van der Waals surface area (Å²) in [5, 5.41) is 0. The van der Waals surface area contributed by atoms with Gasteiger partial charge in [0.15, 0.2) is 0 Å². The molecule has 2 rings (SSSR count). The van der Waals surface area contributed by atoms with Gasteiger partial charge in [-0.3, -0.25) is 9.69 Å². The van der Waals surface area contributed by atoms with Crippen molar-refractivity contribution in [2.45, 2.75) is 32.7 Å². The van der Waals surface area contributed by atoms with Crippen LogP contribution in [0.3, 0.4) is 0 Å². The van der Waals surface area contributed by atoms with Gasteiger partial charge in [-0.15, -0.1) is 0 Å². The number of hydrogen-bond donors (Lipinski definition) is 0. The van der Waals surface area contributed by atoms with Gasteiger partial charge in [-0.2, -0.15) is 0 Å². The minimum atomic E-state index is 0.119. The Labute approximate surface area is 121 Å². The van der Waals surface area contributed by atoms with Crippen LogP contribution in [0.5, 0.6) is 0 Å². The number of amides is 1. The van der Waals surface area contributed by atoms with E-state index in [0.29, 0.717) is 6.54 Å². The first kappa shape index (κ1) is 14.3. The van der Waals surface area contributed by atoms with Crippen molar-refractivity contribution in [1.29, 1.82) is 0 Å². The number of nitrogens with zero attached hydrogens (tertiary/aromatic N) is 1. The van der Waals surface area contributed by atoms with E-state index in [9.17, 15) is 4.79 Å². The molecule has 0 atom stereocenters. The van der Waals surface area contributed by atoms with Gasteiger partial charge in [0.2, 0.25) is 0 Å². The molecule has 2 nitrogen and oxygen atoms in total. The molecule has 0 spiro atoms. The van der Waals surface area contributed by atoms with Crippen molar-refractivity contribution >= 4 is 12.1 Å². The van der Waals surface area contributed by atoms with Crippen molar-refractivity contribution in [1.82, 2.24) is 0 Å². The zero-order valence-corrected chi connectivity index (χ0v) is 12.3. The van der Waals surface area contributed by atoms with E-state index in [1.807, 2.05) is 48.9 Å². The minimum absolute atomic E-state index is 0.119. The lowest BCUT2D eigenvalue weighted by Gasteiger charge is -2.21. The topological polar surface area (TPSA) is 20.3 Å². The van der Waals surface area contributed by atoms with Gasteiger partial charge < -0.3 is 0 Å². The van der Waals surface area contributed by atoms with Crippen LogP contribution in [0.25, 0.3) is 0 Å². The lowest BCUT2D eigenvalue weighted by Crippen LogP contribution is -2.20. The number of hydrogen-bond acceptors (Lipinski definition) is 1. The standard InChI is InChI=1S/C18H20NO/c1-18(2,3)16-9-11-17(12-10-16)19(14-20)13-15-7-5-4-6-8-15/h4-12H,13H2,1-3H3. The largest absolute Gasteiger partial charge is 0.317 e. The van der Waals surface area contributed by atoms with E-state index in [2.05, 4.69) is 32.9 Å². The van der Waals surface area contributed by atoms with Crippen molar-refractivity contribution in [2.75, 3.05) is 4.90 Å². The molecule has 0 aliphatic carbocycles. The third kappa shape index (κ3) is 3.47. The Morgan fingerprint density at radius 2 is 1.55 bits per heavy atom. The highest BCUT2D eigenvalue weighted by Gasteiger charge is 2.14. The summed E-state index contributed by atoms with van der Waals surface area (Å²) < 4.78 is 0. The van der Waals surface area contributed by atoms with Gasteiger partial charge in [-0.25, -0.2) is 0 Å². The number of carbonyl (C=O) groups excluding carboxylic acids is 1.